The maximum absolute atomic E-state index is 16.3. The summed E-state index contributed by atoms with van der Waals surface area (Å²) in [4.78, 5) is 5.73. The summed E-state index contributed by atoms with van der Waals surface area (Å²) < 4.78 is 50.3. The summed E-state index contributed by atoms with van der Waals surface area (Å²) in [6, 6.07) is 11.6. The van der Waals surface area contributed by atoms with Crippen molar-refractivity contribution in [3.63, 3.8) is 0 Å². The summed E-state index contributed by atoms with van der Waals surface area (Å²) in [6.45, 7) is 16.2. The van der Waals surface area contributed by atoms with E-state index in [1.807, 2.05) is 79.8 Å². The monoisotopic (exact) mass is 618 g/mol. The molecule has 1 saturated carbocycles. The lowest BCUT2D eigenvalue weighted by Crippen LogP contribution is -2.41. The molecule has 44 heavy (non-hydrogen) atoms. The third kappa shape index (κ3) is 4.23. The Balaban J connectivity index is 1.25. The second-order valence-corrected chi connectivity index (χ2v) is 15.7. The minimum atomic E-state index is -0.707. The highest BCUT2D eigenvalue weighted by molar-refractivity contribution is 7.11. The largest absolute Gasteiger partial charge is 0.464 e. The average molecular weight is 619 g/mol. The zero-order valence-electron chi connectivity index (χ0n) is 26.5. The van der Waals surface area contributed by atoms with E-state index in [1.54, 1.807) is 11.3 Å². The molecule has 9 heteroatoms. The molecule has 7 nitrogen and oxygen atoms in total. The molecule has 4 aromatic rings. The first-order valence-electron chi connectivity index (χ1n) is 15.5. The van der Waals surface area contributed by atoms with Crippen molar-refractivity contribution in [2.75, 3.05) is 0 Å². The normalized spacial score (nSPS) is 25.2. The van der Waals surface area contributed by atoms with E-state index in [2.05, 4.69) is 16.7 Å². The van der Waals surface area contributed by atoms with Crippen LogP contribution < -0.4 is 4.74 Å². The quantitative estimate of drug-likeness (QED) is 0.228. The fourth-order valence-corrected chi connectivity index (χ4v) is 7.28. The number of nitrogens with zero attached hydrogens (tertiary/aromatic N) is 2. The van der Waals surface area contributed by atoms with Gasteiger partial charge in [0.15, 0.2) is 12.6 Å². The van der Waals surface area contributed by atoms with E-state index in [0.717, 1.165) is 32.0 Å². The van der Waals surface area contributed by atoms with E-state index in [-0.39, 0.29) is 5.82 Å². The van der Waals surface area contributed by atoms with Gasteiger partial charge in [-0.2, -0.15) is 0 Å². The molecule has 232 valence electrons. The summed E-state index contributed by atoms with van der Waals surface area (Å²) in [6.07, 6.45) is 2.55. The van der Waals surface area contributed by atoms with Crippen LogP contribution in [0.4, 0.5) is 4.39 Å². The molecule has 2 aromatic heterocycles. The van der Waals surface area contributed by atoms with Crippen LogP contribution in [0.15, 0.2) is 42.6 Å². The van der Waals surface area contributed by atoms with Gasteiger partial charge in [0, 0.05) is 28.6 Å². The third-order valence-electron chi connectivity index (χ3n) is 10.4. The van der Waals surface area contributed by atoms with Crippen LogP contribution in [-0.4, -0.2) is 32.0 Å². The fraction of sp³-hybridized carbons (Fsp3) is 0.514. The van der Waals surface area contributed by atoms with Gasteiger partial charge in [-0.05, 0) is 98.6 Å². The molecule has 4 aliphatic rings. The molecule has 1 aliphatic carbocycles. The van der Waals surface area contributed by atoms with Crippen LogP contribution >= 0.6 is 11.3 Å². The molecule has 0 bridgehead atoms. The molecule has 0 N–H and O–H groups in total. The molecule has 5 heterocycles. The number of halogens is 1. The summed E-state index contributed by atoms with van der Waals surface area (Å²) in [5.74, 6) is 0.604. The number of thiazole rings is 1. The lowest BCUT2D eigenvalue weighted by Gasteiger charge is -2.30. The third-order valence-corrected chi connectivity index (χ3v) is 11.6. The first-order chi connectivity index (χ1) is 20.6. The van der Waals surface area contributed by atoms with E-state index in [0.29, 0.717) is 22.8 Å². The van der Waals surface area contributed by atoms with Crippen LogP contribution in [0.25, 0.3) is 22.2 Å². The van der Waals surface area contributed by atoms with Crippen LogP contribution in [0.1, 0.15) is 114 Å². The zero-order chi connectivity index (χ0) is 31.0. The highest BCUT2D eigenvalue weighted by Gasteiger charge is 2.51. The van der Waals surface area contributed by atoms with Gasteiger partial charge in [0.1, 0.15) is 11.6 Å². The molecule has 8 rings (SSSR count). The molecular formula is C35H39FN2O5S. The molecule has 0 spiro atoms. The van der Waals surface area contributed by atoms with E-state index < -0.39 is 41.2 Å². The molecule has 1 atom stereocenters. The van der Waals surface area contributed by atoms with Gasteiger partial charge < -0.3 is 23.7 Å². The van der Waals surface area contributed by atoms with E-state index in [1.165, 1.54) is 18.9 Å². The van der Waals surface area contributed by atoms with Crippen LogP contribution in [0, 0.1) is 5.82 Å². The van der Waals surface area contributed by atoms with Crippen molar-refractivity contribution < 1.29 is 28.1 Å². The topological polar surface area (TPSA) is 64.0 Å². The maximum Gasteiger partial charge on any atom is 0.213 e. The minimum absolute atomic E-state index is 0.385. The molecule has 2 saturated heterocycles. The number of ether oxygens (including phenoxy) is 5. The van der Waals surface area contributed by atoms with Crippen LogP contribution in [0.3, 0.4) is 0 Å². The Labute approximate surface area is 261 Å². The Hall–Kier alpha value is -2.82. The molecular weight excluding hydrogens is 579 g/mol. The summed E-state index contributed by atoms with van der Waals surface area (Å²) in [7, 11) is 0. The Morgan fingerprint density at radius 3 is 2.02 bits per heavy atom. The van der Waals surface area contributed by atoms with Crippen molar-refractivity contribution in [1.82, 2.24) is 9.55 Å². The van der Waals surface area contributed by atoms with E-state index in [9.17, 15) is 0 Å². The summed E-state index contributed by atoms with van der Waals surface area (Å²) in [5.41, 5.74) is 1.62. The summed E-state index contributed by atoms with van der Waals surface area (Å²) >= 11 is 1.68. The highest BCUT2D eigenvalue weighted by Crippen LogP contribution is 2.52. The average Bonchev–Trinajstić information content (AvgIpc) is 3.36. The number of benzene rings is 2. The second kappa shape index (κ2) is 9.13. The van der Waals surface area contributed by atoms with E-state index >= 15 is 4.39 Å². The van der Waals surface area contributed by atoms with Crippen molar-refractivity contribution >= 4 is 22.2 Å². The first kappa shape index (κ1) is 28.6. The van der Waals surface area contributed by atoms with Crippen molar-refractivity contribution in [1.29, 1.82) is 0 Å². The molecule has 3 fully saturated rings. The van der Waals surface area contributed by atoms with Gasteiger partial charge in [-0.15, -0.1) is 11.3 Å². The zero-order valence-corrected chi connectivity index (χ0v) is 27.3. The Morgan fingerprint density at radius 1 is 0.795 bits per heavy atom. The maximum atomic E-state index is 16.3. The molecule has 2 aromatic carbocycles. The standard InChI is InChI=1S/C35H39FN2O5S/c1-32(2)33(3,4)41-30(40-32)19-11-12-23-20(13-19)15-24-27-22(36)14-21(31-42-34(5,6)35(7,8)43-31)16-25(27)39-29(38(23)24)26-17-37-28(44-26)18-9-10-18/h11-18,29-31H,9-10H2,1-8H3/t29-/m0/s1. The number of aromatic nitrogens is 2. The predicted molar refractivity (Wildman–Crippen MR) is 166 cm³/mol. The van der Waals surface area contributed by atoms with Gasteiger partial charge in [0.05, 0.1) is 49.1 Å². The molecule has 0 radical (unpaired) electrons. The van der Waals surface area contributed by atoms with Crippen LogP contribution in [0.5, 0.6) is 5.75 Å². The molecule has 0 amide bonds. The predicted octanol–water partition coefficient (Wildman–Crippen LogP) is 8.93. The summed E-state index contributed by atoms with van der Waals surface area (Å²) in [5, 5.41) is 2.09. The Bertz CT molecular complexity index is 1780. The van der Waals surface area contributed by atoms with Gasteiger partial charge in [-0.1, -0.05) is 6.07 Å². The number of hydrogen-bond donors (Lipinski definition) is 0. The van der Waals surface area contributed by atoms with Crippen LogP contribution in [0.2, 0.25) is 0 Å². The minimum Gasteiger partial charge on any atom is -0.464 e. The van der Waals surface area contributed by atoms with Gasteiger partial charge >= 0.3 is 0 Å². The second-order valence-electron chi connectivity index (χ2n) is 14.6. The lowest BCUT2D eigenvalue weighted by atomic mass is 9.90. The SMILES string of the molecule is CC1(C)OC(c2cc(F)c3c(c2)O[C@@H](c2cnc(C4CC4)s2)n2c-3cc3cc(C4OC(C)(C)C(C)(C)O4)ccc32)OC1(C)C. The van der Waals surface area contributed by atoms with Crippen molar-refractivity contribution in [2.45, 2.75) is 115 Å². The Morgan fingerprint density at radius 2 is 1.41 bits per heavy atom. The molecule has 3 aliphatic heterocycles. The number of hydrogen-bond acceptors (Lipinski definition) is 7. The first-order valence-corrected chi connectivity index (χ1v) is 16.3. The van der Waals surface area contributed by atoms with Crippen molar-refractivity contribution in [3.8, 4) is 17.0 Å². The van der Waals surface area contributed by atoms with Crippen molar-refractivity contribution in [2.24, 2.45) is 0 Å². The number of fused-ring (bicyclic) bond motifs is 5. The smallest absolute Gasteiger partial charge is 0.213 e. The Kier molecular flexibility index (Phi) is 5.94. The lowest BCUT2D eigenvalue weighted by molar-refractivity contribution is -0.0901. The van der Waals surface area contributed by atoms with E-state index in [4.69, 9.17) is 28.7 Å². The highest BCUT2D eigenvalue weighted by atomic mass is 32.1. The van der Waals surface area contributed by atoms with Crippen molar-refractivity contribution in [3.05, 3.63) is 69.4 Å². The fourth-order valence-electron chi connectivity index (χ4n) is 6.18. The van der Waals surface area contributed by atoms with Crippen LogP contribution in [-0.2, 0) is 18.9 Å². The number of rotatable bonds is 4. The van der Waals surface area contributed by atoms with Gasteiger partial charge in [0.2, 0.25) is 6.23 Å². The molecule has 0 unspecified atom stereocenters. The van der Waals surface area contributed by atoms with Gasteiger partial charge in [-0.3, -0.25) is 4.57 Å². The van der Waals surface area contributed by atoms with Gasteiger partial charge in [-0.25, -0.2) is 9.37 Å². The van der Waals surface area contributed by atoms with Gasteiger partial charge in [0.25, 0.3) is 0 Å².